The van der Waals surface area contributed by atoms with Crippen LogP contribution in [0.3, 0.4) is 0 Å². The summed E-state index contributed by atoms with van der Waals surface area (Å²) in [4.78, 5) is 11.4. The van der Waals surface area contributed by atoms with Crippen LogP contribution in [0.15, 0.2) is 11.0 Å². The molecule has 1 heterocycles. The third-order valence-electron chi connectivity index (χ3n) is 1.69. The van der Waals surface area contributed by atoms with Crippen molar-refractivity contribution in [2.75, 3.05) is 0 Å². The van der Waals surface area contributed by atoms with Gasteiger partial charge in [0.05, 0.1) is 17.7 Å². The van der Waals surface area contributed by atoms with Crippen LogP contribution in [0.1, 0.15) is 26.3 Å². The zero-order valence-corrected chi connectivity index (χ0v) is 7.59. The van der Waals surface area contributed by atoms with Crippen LogP contribution in [0.4, 0.5) is 0 Å². The second-order valence-corrected chi connectivity index (χ2v) is 3.77. The van der Waals surface area contributed by atoms with Crippen LogP contribution in [0.25, 0.3) is 0 Å². The summed E-state index contributed by atoms with van der Waals surface area (Å²) in [5.41, 5.74) is -0.000231. The number of aliphatic hydroxyl groups excluding tert-OH is 1. The van der Waals surface area contributed by atoms with E-state index in [9.17, 15) is 4.79 Å². The monoisotopic (exact) mass is 170 g/mol. The fourth-order valence-corrected chi connectivity index (χ4v) is 1.02. The van der Waals surface area contributed by atoms with Crippen molar-refractivity contribution in [2.24, 2.45) is 0 Å². The Morgan fingerprint density at radius 2 is 2.17 bits per heavy atom. The van der Waals surface area contributed by atoms with Gasteiger partial charge in [0.25, 0.3) is 5.56 Å². The Balaban J connectivity index is 3.21. The van der Waals surface area contributed by atoms with Gasteiger partial charge in [-0.3, -0.25) is 4.79 Å². The maximum Gasteiger partial charge on any atom is 0.272 e. The van der Waals surface area contributed by atoms with Crippen LogP contribution in [0.5, 0.6) is 0 Å². The second-order valence-electron chi connectivity index (χ2n) is 3.77. The molecule has 2 N–H and O–H groups in total. The molecule has 0 spiro atoms. The normalized spacial score (nSPS) is 12.0. The highest BCUT2D eigenvalue weighted by atomic mass is 16.3. The van der Waals surface area contributed by atoms with E-state index in [2.05, 4.69) is 5.10 Å². The molecule has 1 rings (SSSR count). The van der Waals surface area contributed by atoms with E-state index in [1.807, 2.05) is 20.8 Å². The maximum absolute atomic E-state index is 11.4. The van der Waals surface area contributed by atoms with Crippen molar-refractivity contribution >= 4 is 0 Å². The minimum Gasteiger partial charge on any atom is -0.391 e. The van der Waals surface area contributed by atoms with Gasteiger partial charge in [-0.1, -0.05) is 0 Å². The first kappa shape index (κ1) is 9.06. The summed E-state index contributed by atoms with van der Waals surface area (Å²) in [5.74, 6) is 0. The van der Waals surface area contributed by atoms with Crippen molar-refractivity contribution in [3.05, 3.63) is 22.1 Å². The predicted octanol–water partition coefficient (Wildman–Crippen LogP) is 0.424. The van der Waals surface area contributed by atoms with E-state index >= 15 is 0 Å². The van der Waals surface area contributed by atoms with Gasteiger partial charge in [-0.25, -0.2) is 4.68 Å². The Morgan fingerprint density at radius 1 is 1.58 bits per heavy atom. The molecule has 0 aromatic carbocycles. The summed E-state index contributed by atoms with van der Waals surface area (Å²) < 4.78 is 1.50. The summed E-state index contributed by atoms with van der Waals surface area (Å²) in [5, 5.41) is 11.6. The lowest BCUT2D eigenvalue weighted by Gasteiger charge is -2.18. The van der Waals surface area contributed by atoms with Crippen LogP contribution in [0.2, 0.25) is 0 Å². The summed E-state index contributed by atoms with van der Waals surface area (Å²) in [6.45, 7) is 5.56. The minimum atomic E-state index is -0.259. The number of nitrogens with one attached hydrogen (secondary N) is 1. The molecule has 0 fully saturated rings. The van der Waals surface area contributed by atoms with E-state index < -0.39 is 0 Å². The number of H-pyrrole nitrogens is 1. The van der Waals surface area contributed by atoms with Gasteiger partial charge in [0.2, 0.25) is 0 Å². The quantitative estimate of drug-likeness (QED) is 0.642. The molecule has 0 saturated carbocycles. The van der Waals surface area contributed by atoms with Crippen LogP contribution in [-0.2, 0) is 12.1 Å². The third-order valence-corrected chi connectivity index (χ3v) is 1.69. The lowest BCUT2D eigenvalue weighted by Crippen LogP contribution is -2.33. The van der Waals surface area contributed by atoms with Gasteiger partial charge < -0.3 is 10.2 Å². The van der Waals surface area contributed by atoms with E-state index in [4.69, 9.17) is 5.11 Å². The Morgan fingerprint density at radius 3 is 2.42 bits per heavy atom. The average Bonchev–Trinajstić information content (AvgIpc) is 2.29. The van der Waals surface area contributed by atoms with Crippen LogP contribution in [-0.4, -0.2) is 14.9 Å². The summed E-state index contributed by atoms with van der Waals surface area (Å²) in [6, 6.07) is 0. The van der Waals surface area contributed by atoms with Crippen molar-refractivity contribution in [3.63, 3.8) is 0 Å². The van der Waals surface area contributed by atoms with Crippen molar-refractivity contribution < 1.29 is 5.11 Å². The molecule has 0 radical (unpaired) electrons. The molecule has 68 valence electrons. The SMILES string of the molecule is CC(C)(C)n1[nH]cc(CO)c1=O. The first-order chi connectivity index (χ1) is 5.46. The first-order valence-corrected chi connectivity index (χ1v) is 3.87. The maximum atomic E-state index is 11.4. The van der Waals surface area contributed by atoms with Gasteiger partial charge in [-0.2, -0.15) is 0 Å². The van der Waals surface area contributed by atoms with E-state index in [1.165, 1.54) is 10.9 Å². The van der Waals surface area contributed by atoms with E-state index in [1.54, 1.807) is 0 Å². The number of hydrogen-bond donors (Lipinski definition) is 2. The highest BCUT2D eigenvalue weighted by molar-refractivity contribution is 5.03. The minimum absolute atomic E-state index is 0.148. The zero-order valence-electron chi connectivity index (χ0n) is 7.59. The van der Waals surface area contributed by atoms with E-state index in [0.29, 0.717) is 5.56 Å². The second kappa shape index (κ2) is 2.79. The highest BCUT2D eigenvalue weighted by Crippen LogP contribution is 2.08. The highest BCUT2D eigenvalue weighted by Gasteiger charge is 2.17. The largest absolute Gasteiger partial charge is 0.391 e. The molecule has 0 unspecified atom stereocenters. The topological polar surface area (TPSA) is 58.0 Å². The molecule has 0 aliphatic heterocycles. The van der Waals surface area contributed by atoms with Gasteiger partial charge in [0.1, 0.15) is 0 Å². The van der Waals surface area contributed by atoms with Crippen molar-refractivity contribution in [1.29, 1.82) is 0 Å². The van der Waals surface area contributed by atoms with Gasteiger partial charge in [0.15, 0.2) is 0 Å². The van der Waals surface area contributed by atoms with E-state index in [-0.39, 0.29) is 17.7 Å². The number of nitrogens with zero attached hydrogens (tertiary/aromatic N) is 1. The fourth-order valence-electron chi connectivity index (χ4n) is 1.02. The number of rotatable bonds is 1. The molecule has 12 heavy (non-hydrogen) atoms. The first-order valence-electron chi connectivity index (χ1n) is 3.87. The molecule has 0 atom stereocenters. The van der Waals surface area contributed by atoms with Gasteiger partial charge in [0, 0.05) is 6.20 Å². The third kappa shape index (κ3) is 1.43. The average molecular weight is 170 g/mol. The number of aromatic nitrogens is 2. The molecule has 1 aromatic rings. The lowest BCUT2D eigenvalue weighted by atomic mass is 10.1. The Kier molecular flexibility index (Phi) is 2.10. The number of aliphatic hydroxyl groups is 1. The summed E-state index contributed by atoms with van der Waals surface area (Å²) in [7, 11) is 0. The standard InChI is InChI=1S/C8H14N2O2/c1-8(2,3)10-7(12)6(5-11)4-9-10/h4,9,11H,5H2,1-3H3. The Bertz CT molecular complexity index is 317. The van der Waals surface area contributed by atoms with Crippen molar-refractivity contribution in [3.8, 4) is 0 Å². The lowest BCUT2D eigenvalue weighted by molar-refractivity contribution is 0.278. The van der Waals surface area contributed by atoms with Gasteiger partial charge >= 0.3 is 0 Å². The Labute approximate surface area is 70.8 Å². The molecule has 0 bridgehead atoms. The summed E-state index contributed by atoms with van der Waals surface area (Å²) in [6.07, 6.45) is 1.54. The van der Waals surface area contributed by atoms with Gasteiger partial charge in [-0.05, 0) is 20.8 Å². The molecule has 4 heteroatoms. The van der Waals surface area contributed by atoms with Crippen molar-refractivity contribution in [1.82, 2.24) is 9.78 Å². The van der Waals surface area contributed by atoms with Crippen LogP contribution < -0.4 is 5.56 Å². The molecule has 0 amide bonds. The fraction of sp³-hybridized carbons (Fsp3) is 0.625. The molecule has 4 nitrogen and oxygen atoms in total. The van der Waals surface area contributed by atoms with Crippen LogP contribution >= 0.6 is 0 Å². The molecular formula is C8H14N2O2. The molecular weight excluding hydrogens is 156 g/mol. The predicted molar refractivity (Wildman–Crippen MR) is 46.0 cm³/mol. The van der Waals surface area contributed by atoms with Crippen LogP contribution in [0, 0.1) is 0 Å². The zero-order chi connectivity index (χ0) is 9.35. The molecule has 0 aliphatic carbocycles. The molecule has 0 aliphatic rings. The van der Waals surface area contributed by atoms with Crippen molar-refractivity contribution in [2.45, 2.75) is 32.9 Å². The summed E-state index contributed by atoms with van der Waals surface area (Å²) >= 11 is 0. The molecule has 1 aromatic heterocycles. The van der Waals surface area contributed by atoms with Gasteiger partial charge in [-0.15, -0.1) is 0 Å². The van der Waals surface area contributed by atoms with E-state index in [0.717, 1.165) is 0 Å². The number of hydrogen-bond acceptors (Lipinski definition) is 2. The number of aromatic amines is 1. The Hall–Kier alpha value is -1.03. The molecule has 0 saturated heterocycles. The smallest absolute Gasteiger partial charge is 0.272 e.